The van der Waals surface area contributed by atoms with Gasteiger partial charge in [-0.3, -0.25) is 9.69 Å². The van der Waals surface area contributed by atoms with Crippen molar-refractivity contribution in [2.24, 2.45) is 5.73 Å². The quantitative estimate of drug-likeness (QED) is 0.877. The molecule has 2 aromatic heterocycles. The van der Waals surface area contributed by atoms with Crippen molar-refractivity contribution in [3.8, 4) is 10.7 Å². The molecule has 2 N–H and O–H groups in total. The number of thiophene rings is 1. The molecule has 0 unspecified atom stereocenters. The molecule has 0 saturated carbocycles. The van der Waals surface area contributed by atoms with Crippen LogP contribution < -0.4 is 5.73 Å². The zero-order valence-electron chi connectivity index (χ0n) is 9.57. The van der Waals surface area contributed by atoms with Crippen LogP contribution in [0.15, 0.2) is 22.0 Å². The maximum atomic E-state index is 10.7. The van der Waals surface area contributed by atoms with Gasteiger partial charge in [-0.15, -0.1) is 11.3 Å². The van der Waals surface area contributed by atoms with Crippen LogP contribution in [0.5, 0.6) is 0 Å². The van der Waals surface area contributed by atoms with Crippen LogP contribution in [-0.4, -0.2) is 40.6 Å². The van der Waals surface area contributed by atoms with Crippen LogP contribution in [-0.2, 0) is 4.79 Å². The van der Waals surface area contributed by atoms with Crippen LogP contribution in [0.4, 0.5) is 0 Å². The van der Waals surface area contributed by atoms with E-state index >= 15 is 0 Å². The molecule has 0 spiro atoms. The third-order valence-corrected chi connectivity index (χ3v) is 3.73. The maximum absolute atomic E-state index is 10.7. The van der Waals surface area contributed by atoms with E-state index in [2.05, 4.69) is 10.1 Å². The number of likely N-dealkylation sites (tertiary alicyclic amines) is 1. The second kappa shape index (κ2) is 4.51. The first-order valence-electron chi connectivity index (χ1n) is 5.60. The molecule has 18 heavy (non-hydrogen) atoms. The molecule has 0 atom stereocenters. The van der Waals surface area contributed by atoms with Gasteiger partial charge in [0.1, 0.15) is 0 Å². The Labute approximate surface area is 107 Å². The summed E-state index contributed by atoms with van der Waals surface area (Å²) in [5.74, 6) is 1.18. The number of nitrogens with zero attached hydrogens (tertiary/aromatic N) is 3. The highest BCUT2D eigenvalue weighted by Gasteiger charge is 2.33. The van der Waals surface area contributed by atoms with E-state index in [1.807, 2.05) is 22.4 Å². The summed E-state index contributed by atoms with van der Waals surface area (Å²) in [6.07, 6.45) is 0. The smallest absolute Gasteiger partial charge is 0.232 e. The molecule has 1 saturated heterocycles. The van der Waals surface area contributed by atoms with Crippen molar-refractivity contribution >= 4 is 17.2 Å². The van der Waals surface area contributed by atoms with Crippen molar-refractivity contribution in [1.82, 2.24) is 15.0 Å². The summed E-state index contributed by atoms with van der Waals surface area (Å²) in [6.45, 7) is 1.78. The summed E-state index contributed by atoms with van der Waals surface area (Å²) in [6, 6.07) is 3.91. The minimum absolute atomic E-state index is 0.213. The fourth-order valence-electron chi connectivity index (χ4n) is 1.98. The second-order valence-electron chi connectivity index (χ2n) is 4.29. The third kappa shape index (κ3) is 2.14. The molecule has 1 amide bonds. The van der Waals surface area contributed by atoms with Crippen molar-refractivity contribution in [2.45, 2.75) is 5.92 Å². The van der Waals surface area contributed by atoms with Crippen molar-refractivity contribution < 1.29 is 9.32 Å². The lowest BCUT2D eigenvalue weighted by atomic mass is 10.0. The van der Waals surface area contributed by atoms with Crippen LogP contribution >= 0.6 is 11.3 Å². The normalized spacial score (nSPS) is 16.7. The summed E-state index contributed by atoms with van der Waals surface area (Å²) in [5.41, 5.74) is 5.12. The predicted octanol–water partition coefficient (Wildman–Crippen LogP) is 0.683. The molecule has 0 bridgehead atoms. The van der Waals surface area contributed by atoms with Gasteiger partial charge in [-0.05, 0) is 11.4 Å². The summed E-state index contributed by atoms with van der Waals surface area (Å²) < 4.78 is 5.25. The first kappa shape index (κ1) is 11.4. The number of amides is 1. The Morgan fingerprint density at radius 3 is 3.11 bits per heavy atom. The van der Waals surface area contributed by atoms with E-state index in [-0.39, 0.29) is 11.8 Å². The molecule has 6 nitrogen and oxygen atoms in total. The standard InChI is InChI=1S/C11H12N4O2S/c12-9(16)6-15-4-7(5-15)11-13-10(14-17-11)8-2-1-3-18-8/h1-3,7H,4-6H2,(H2,12,16). The average molecular weight is 264 g/mol. The van der Waals surface area contributed by atoms with E-state index in [9.17, 15) is 4.79 Å². The zero-order chi connectivity index (χ0) is 12.5. The molecule has 3 rings (SSSR count). The van der Waals surface area contributed by atoms with Gasteiger partial charge in [0.15, 0.2) is 0 Å². The minimum Gasteiger partial charge on any atom is -0.369 e. The van der Waals surface area contributed by atoms with E-state index in [0.29, 0.717) is 18.3 Å². The molecule has 2 aromatic rings. The van der Waals surface area contributed by atoms with Crippen LogP contribution in [0.3, 0.4) is 0 Å². The van der Waals surface area contributed by atoms with E-state index < -0.39 is 0 Å². The topological polar surface area (TPSA) is 85.3 Å². The molecule has 1 aliphatic heterocycles. The lowest BCUT2D eigenvalue weighted by molar-refractivity contribution is -0.120. The van der Waals surface area contributed by atoms with E-state index in [0.717, 1.165) is 18.0 Å². The molecule has 1 aliphatic rings. The summed E-state index contributed by atoms with van der Waals surface area (Å²) in [4.78, 5) is 18.1. The monoisotopic (exact) mass is 264 g/mol. The van der Waals surface area contributed by atoms with Gasteiger partial charge in [0.05, 0.1) is 17.3 Å². The molecule has 1 fully saturated rings. The van der Waals surface area contributed by atoms with Gasteiger partial charge in [-0.2, -0.15) is 4.98 Å². The van der Waals surface area contributed by atoms with Gasteiger partial charge >= 0.3 is 0 Å². The Morgan fingerprint density at radius 1 is 1.61 bits per heavy atom. The Morgan fingerprint density at radius 2 is 2.44 bits per heavy atom. The van der Waals surface area contributed by atoms with Crippen molar-refractivity contribution in [3.05, 3.63) is 23.4 Å². The fraction of sp³-hybridized carbons (Fsp3) is 0.364. The third-order valence-electron chi connectivity index (χ3n) is 2.87. The van der Waals surface area contributed by atoms with Gasteiger partial charge in [-0.1, -0.05) is 11.2 Å². The molecule has 3 heterocycles. The number of nitrogens with two attached hydrogens (primary N) is 1. The van der Waals surface area contributed by atoms with Crippen LogP contribution in [0.1, 0.15) is 11.8 Å². The van der Waals surface area contributed by atoms with Gasteiger partial charge < -0.3 is 10.3 Å². The molecule has 0 radical (unpaired) electrons. The number of aromatic nitrogens is 2. The Kier molecular flexibility index (Phi) is 2.85. The van der Waals surface area contributed by atoms with Gasteiger partial charge in [0, 0.05) is 13.1 Å². The zero-order valence-corrected chi connectivity index (χ0v) is 10.4. The van der Waals surface area contributed by atoms with Crippen LogP contribution in [0, 0.1) is 0 Å². The van der Waals surface area contributed by atoms with Crippen LogP contribution in [0.2, 0.25) is 0 Å². The lowest BCUT2D eigenvalue weighted by Gasteiger charge is -2.35. The first-order chi connectivity index (χ1) is 8.72. The first-order valence-corrected chi connectivity index (χ1v) is 6.48. The van der Waals surface area contributed by atoms with Gasteiger partial charge in [0.2, 0.25) is 17.6 Å². The van der Waals surface area contributed by atoms with E-state index in [1.165, 1.54) is 0 Å². The molecular formula is C11H12N4O2S. The highest BCUT2D eigenvalue weighted by molar-refractivity contribution is 7.13. The molecule has 0 aromatic carbocycles. The largest absolute Gasteiger partial charge is 0.369 e. The molecule has 7 heteroatoms. The van der Waals surface area contributed by atoms with Crippen molar-refractivity contribution in [1.29, 1.82) is 0 Å². The Bertz CT molecular complexity index is 545. The summed E-state index contributed by atoms with van der Waals surface area (Å²) in [5, 5.41) is 5.94. The highest BCUT2D eigenvalue weighted by atomic mass is 32.1. The number of primary amides is 1. The van der Waals surface area contributed by atoms with E-state index in [1.54, 1.807) is 11.3 Å². The van der Waals surface area contributed by atoms with Gasteiger partial charge in [0.25, 0.3) is 0 Å². The van der Waals surface area contributed by atoms with Crippen molar-refractivity contribution in [3.63, 3.8) is 0 Å². The fourth-order valence-corrected chi connectivity index (χ4v) is 2.63. The Hall–Kier alpha value is -1.73. The molecule has 94 valence electrons. The SMILES string of the molecule is NC(=O)CN1CC(c2nc(-c3cccs3)no2)C1. The summed E-state index contributed by atoms with van der Waals surface area (Å²) in [7, 11) is 0. The number of hydrogen-bond acceptors (Lipinski definition) is 6. The van der Waals surface area contributed by atoms with E-state index in [4.69, 9.17) is 10.3 Å². The highest BCUT2D eigenvalue weighted by Crippen LogP contribution is 2.28. The maximum Gasteiger partial charge on any atom is 0.232 e. The van der Waals surface area contributed by atoms with Gasteiger partial charge in [-0.25, -0.2) is 0 Å². The predicted molar refractivity (Wildman–Crippen MR) is 66.0 cm³/mol. The number of carbonyl (C=O) groups excluding carboxylic acids is 1. The number of rotatable bonds is 4. The minimum atomic E-state index is -0.307. The average Bonchev–Trinajstić information content (AvgIpc) is 2.92. The number of carbonyl (C=O) groups is 1. The second-order valence-corrected chi connectivity index (χ2v) is 5.24. The number of hydrogen-bond donors (Lipinski definition) is 1. The van der Waals surface area contributed by atoms with Crippen molar-refractivity contribution in [2.75, 3.05) is 19.6 Å². The summed E-state index contributed by atoms with van der Waals surface area (Å²) >= 11 is 1.58. The lowest BCUT2D eigenvalue weighted by Crippen LogP contribution is -2.48. The molecular weight excluding hydrogens is 252 g/mol. The molecule has 0 aliphatic carbocycles. The Balaban J connectivity index is 1.64. The van der Waals surface area contributed by atoms with Crippen LogP contribution in [0.25, 0.3) is 10.7 Å².